The van der Waals surface area contributed by atoms with Gasteiger partial charge in [0.2, 0.25) is 0 Å². The van der Waals surface area contributed by atoms with Crippen molar-refractivity contribution in [3.05, 3.63) is 23.8 Å². The predicted molar refractivity (Wildman–Crippen MR) is 75.4 cm³/mol. The number of hydrogen-bond donors (Lipinski definition) is 2. The van der Waals surface area contributed by atoms with Crippen LogP contribution in [0, 0.1) is 0 Å². The van der Waals surface area contributed by atoms with Crippen LogP contribution >= 0.6 is 0 Å². The molecule has 0 atom stereocenters. The molecule has 0 bridgehead atoms. The van der Waals surface area contributed by atoms with Gasteiger partial charge < -0.3 is 9.84 Å². The van der Waals surface area contributed by atoms with E-state index in [-0.39, 0.29) is 17.0 Å². The third-order valence-corrected chi connectivity index (χ3v) is 4.40. The zero-order valence-corrected chi connectivity index (χ0v) is 12.4. The van der Waals surface area contributed by atoms with Crippen molar-refractivity contribution in [2.75, 3.05) is 24.9 Å². The number of methoxy groups -OCH3 is 1. The number of nitrogens with zero attached hydrogens (tertiary/aromatic N) is 1. The molecular formula is C12H18N2O5S. The molecule has 112 valence electrons. The van der Waals surface area contributed by atoms with Crippen LogP contribution < -0.4 is 9.46 Å². The number of nitrogens with one attached hydrogen (secondary N) is 1. The Labute approximate surface area is 118 Å². The summed E-state index contributed by atoms with van der Waals surface area (Å²) in [5.41, 5.74) is 0.0716. The first kappa shape index (κ1) is 16.3. The van der Waals surface area contributed by atoms with Gasteiger partial charge in [-0.25, -0.2) is 4.79 Å². The number of ether oxygens (including phenoxy) is 1. The van der Waals surface area contributed by atoms with E-state index in [0.717, 1.165) is 0 Å². The first-order chi connectivity index (χ1) is 9.35. The van der Waals surface area contributed by atoms with Crippen molar-refractivity contribution in [1.82, 2.24) is 4.31 Å². The third-order valence-electron chi connectivity index (χ3n) is 2.73. The van der Waals surface area contributed by atoms with Crippen LogP contribution in [0.1, 0.15) is 24.2 Å². The molecule has 0 amide bonds. The number of carboxylic acid groups (broad SMARTS) is 1. The van der Waals surface area contributed by atoms with Gasteiger partial charge in [-0.05, 0) is 18.2 Å². The molecule has 0 unspecified atom stereocenters. The molecule has 0 aromatic heterocycles. The number of benzene rings is 1. The van der Waals surface area contributed by atoms with Gasteiger partial charge in [-0.15, -0.1) is 0 Å². The van der Waals surface area contributed by atoms with Crippen molar-refractivity contribution in [3.8, 4) is 5.75 Å². The summed E-state index contributed by atoms with van der Waals surface area (Å²) in [5.74, 6) is -0.887. The first-order valence-electron chi connectivity index (χ1n) is 6.04. The van der Waals surface area contributed by atoms with Gasteiger partial charge in [0.05, 0.1) is 18.4 Å². The van der Waals surface area contributed by atoms with E-state index in [4.69, 9.17) is 9.84 Å². The van der Waals surface area contributed by atoms with Crippen LogP contribution in [0.2, 0.25) is 0 Å². The summed E-state index contributed by atoms with van der Waals surface area (Å²) in [6.45, 7) is 4.06. The van der Waals surface area contributed by atoms with Crippen molar-refractivity contribution in [1.29, 1.82) is 0 Å². The van der Waals surface area contributed by atoms with Crippen molar-refractivity contribution < 1.29 is 23.1 Å². The number of anilines is 1. The SMILES string of the molecule is CCN(CC)S(=O)(=O)Nc1cc(C(=O)O)ccc1OC. The van der Waals surface area contributed by atoms with Gasteiger partial charge >= 0.3 is 16.2 Å². The second kappa shape index (κ2) is 6.58. The molecule has 20 heavy (non-hydrogen) atoms. The Hall–Kier alpha value is -1.80. The maximum Gasteiger partial charge on any atom is 0.335 e. The first-order valence-corrected chi connectivity index (χ1v) is 7.48. The average Bonchev–Trinajstić information content (AvgIpc) is 2.39. The van der Waals surface area contributed by atoms with Crippen LogP contribution in [0.25, 0.3) is 0 Å². The number of hydrogen-bond acceptors (Lipinski definition) is 4. The number of carboxylic acids is 1. The molecular weight excluding hydrogens is 284 g/mol. The van der Waals surface area contributed by atoms with E-state index in [1.807, 2.05) is 0 Å². The molecule has 2 N–H and O–H groups in total. The fourth-order valence-corrected chi connectivity index (χ4v) is 2.93. The lowest BCUT2D eigenvalue weighted by atomic mass is 10.2. The van der Waals surface area contributed by atoms with E-state index >= 15 is 0 Å². The second-order valence-electron chi connectivity index (χ2n) is 3.91. The van der Waals surface area contributed by atoms with E-state index in [2.05, 4.69) is 4.72 Å². The van der Waals surface area contributed by atoms with E-state index in [1.165, 1.54) is 29.6 Å². The summed E-state index contributed by atoms with van der Waals surface area (Å²) in [6.07, 6.45) is 0. The number of carbonyl (C=O) groups is 1. The monoisotopic (exact) mass is 302 g/mol. The van der Waals surface area contributed by atoms with Gasteiger partial charge in [-0.2, -0.15) is 12.7 Å². The highest BCUT2D eigenvalue weighted by atomic mass is 32.2. The molecule has 0 aliphatic carbocycles. The number of aromatic carboxylic acids is 1. The highest BCUT2D eigenvalue weighted by molar-refractivity contribution is 7.90. The Morgan fingerprint density at radius 2 is 1.95 bits per heavy atom. The molecule has 1 aromatic rings. The molecule has 0 radical (unpaired) electrons. The standard InChI is InChI=1S/C12H18N2O5S/c1-4-14(5-2)20(17,18)13-10-8-9(12(15)16)6-7-11(10)19-3/h6-8,13H,4-5H2,1-3H3,(H,15,16). The fraction of sp³-hybridized carbons (Fsp3) is 0.417. The molecule has 0 saturated carbocycles. The second-order valence-corrected chi connectivity index (χ2v) is 5.58. The molecule has 7 nitrogen and oxygen atoms in total. The quantitative estimate of drug-likeness (QED) is 0.793. The van der Waals surface area contributed by atoms with Crippen LogP contribution in [-0.4, -0.2) is 44.0 Å². The van der Waals surface area contributed by atoms with E-state index in [1.54, 1.807) is 13.8 Å². The molecule has 0 heterocycles. The highest BCUT2D eigenvalue weighted by Crippen LogP contribution is 2.27. The van der Waals surface area contributed by atoms with Crippen molar-refractivity contribution >= 4 is 21.9 Å². The van der Waals surface area contributed by atoms with E-state index < -0.39 is 16.2 Å². The maximum atomic E-state index is 12.1. The summed E-state index contributed by atoms with van der Waals surface area (Å²) >= 11 is 0. The Bertz CT molecular complexity index is 582. The lowest BCUT2D eigenvalue weighted by Gasteiger charge is -2.20. The van der Waals surface area contributed by atoms with Crippen LogP contribution in [0.5, 0.6) is 5.75 Å². The summed E-state index contributed by atoms with van der Waals surface area (Å²) in [4.78, 5) is 10.9. The predicted octanol–water partition coefficient (Wildman–Crippen LogP) is 1.39. The highest BCUT2D eigenvalue weighted by Gasteiger charge is 2.21. The minimum absolute atomic E-state index is 0.0250. The Morgan fingerprint density at radius 3 is 2.40 bits per heavy atom. The van der Waals surface area contributed by atoms with E-state index in [0.29, 0.717) is 13.1 Å². The van der Waals surface area contributed by atoms with Crippen LogP contribution in [-0.2, 0) is 10.2 Å². The van der Waals surface area contributed by atoms with Crippen molar-refractivity contribution in [2.24, 2.45) is 0 Å². The Kier molecular flexibility index (Phi) is 5.34. The maximum absolute atomic E-state index is 12.1. The Balaban J connectivity index is 3.18. The van der Waals surface area contributed by atoms with Crippen molar-refractivity contribution in [2.45, 2.75) is 13.8 Å². The lowest BCUT2D eigenvalue weighted by molar-refractivity contribution is 0.0697. The minimum Gasteiger partial charge on any atom is -0.495 e. The van der Waals surface area contributed by atoms with Gasteiger partial charge in [0.15, 0.2) is 0 Å². The summed E-state index contributed by atoms with van der Waals surface area (Å²) in [7, 11) is -2.36. The molecule has 8 heteroatoms. The largest absolute Gasteiger partial charge is 0.495 e. The molecule has 1 rings (SSSR count). The lowest BCUT2D eigenvalue weighted by Crippen LogP contribution is -2.35. The van der Waals surface area contributed by atoms with Crippen LogP contribution in [0.15, 0.2) is 18.2 Å². The smallest absolute Gasteiger partial charge is 0.335 e. The fourth-order valence-electron chi connectivity index (χ4n) is 1.69. The Morgan fingerprint density at radius 1 is 1.35 bits per heavy atom. The summed E-state index contributed by atoms with van der Waals surface area (Å²) in [6, 6.07) is 3.97. The third kappa shape index (κ3) is 3.61. The van der Waals surface area contributed by atoms with Gasteiger partial charge in [-0.1, -0.05) is 13.8 Å². The zero-order valence-electron chi connectivity index (χ0n) is 11.6. The van der Waals surface area contributed by atoms with Crippen LogP contribution in [0.3, 0.4) is 0 Å². The molecule has 0 fully saturated rings. The minimum atomic E-state index is -3.74. The molecule has 0 aliphatic heterocycles. The molecule has 0 saturated heterocycles. The average molecular weight is 302 g/mol. The topological polar surface area (TPSA) is 95.9 Å². The zero-order chi connectivity index (χ0) is 15.3. The summed E-state index contributed by atoms with van der Waals surface area (Å²) < 4.78 is 32.8. The van der Waals surface area contributed by atoms with Gasteiger partial charge in [0, 0.05) is 13.1 Å². The molecule has 0 spiro atoms. The summed E-state index contributed by atoms with van der Waals surface area (Å²) in [5, 5.41) is 8.94. The van der Waals surface area contributed by atoms with Gasteiger partial charge in [-0.3, -0.25) is 4.72 Å². The number of rotatable bonds is 7. The van der Waals surface area contributed by atoms with Gasteiger partial charge in [0.25, 0.3) is 0 Å². The normalized spacial score (nSPS) is 11.4. The molecule has 0 aliphatic rings. The molecule has 1 aromatic carbocycles. The van der Waals surface area contributed by atoms with Gasteiger partial charge in [0.1, 0.15) is 5.75 Å². The van der Waals surface area contributed by atoms with Crippen LogP contribution in [0.4, 0.5) is 5.69 Å². The van der Waals surface area contributed by atoms with Crippen molar-refractivity contribution in [3.63, 3.8) is 0 Å². The van der Waals surface area contributed by atoms with E-state index in [9.17, 15) is 13.2 Å².